The molecule has 0 amide bonds. The average molecular weight is 229 g/mol. The summed E-state index contributed by atoms with van der Waals surface area (Å²) >= 11 is 0. The van der Waals surface area contributed by atoms with Crippen molar-refractivity contribution in [3.63, 3.8) is 0 Å². The first-order valence-corrected chi connectivity index (χ1v) is 7.08. The lowest BCUT2D eigenvalue weighted by Crippen LogP contribution is -2.28. The van der Waals surface area contributed by atoms with Crippen LogP contribution in [0.4, 0.5) is 0 Å². The predicted molar refractivity (Wildman–Crippen MR) is 71.7 cm³/mol. The molecule has 1 saturated carbocycles. The molecule has 0 aliphatic heterocycles. The van der Waals surface area contributed by atoms with Crippen molar-refractivity contribution < 1.29 is 5.11 Å². The maximum atomic E-state index is 8.07. The van der Waals surface area contributed by atoms with E-state index in [0.29, 0.717) is 6.61 Å². The standard InChI is InChI=1S/C10H21N.C4H10O/c1-3-4-6-9-7-5-8-10(9)11-2;1-2-3-4-5/h9-11H,3-8H2,1-2H3;5H,2-4H2,1H3. The Morgan fingerprint density at radius 2 is 1.81 bits per heavy atom. The smallest absolute Gasteiger partial charge is 0.0430 e. The van der Waals surface area contributed by atoms with Crippen LogP contribution in [-0.4, -0.2) is 24.8 Å². The fraction of sp³-hybridized carbons (Fsp3) is 1.00. The Balaban J connectivity index is 0.000000385. The third kappa shape index (κ3) is 7.24. The van der Waals surface area contributed by atoms with Gasteiger partial charge in [0.2, 0.25) is 0 Å². The van der Waals surface area contributed by atoms with E-state index in [1.54, 1.807) is 0 Å². The summed E-state index contributed by atoms with van der Waals surface area (Å²) in [7, 11) is 2.11. The molecule has 2 N–H and O–H groups in total. The molecule has 1 aliphatic rings. The zero-order chi connectivity index (χ0) is 12.2. The van der Waals surface area contributed by atoms with E-state index in [0.717, 1.165) is 24.8 Å². The van der Waals surface area contributed by atoms with Gasteiger partial charge < -0.3 is 10.4 Å². The van der Waals surface area contributed by atoms with Gasteiger partial charge in [0.15, 0.2) is 0 Å². The first-order valence-electron chi connectivity index (χ1n) is 7.08. The first kappa shape index (κ1) is 15.9. The van der Waals surface area contributed by atoms with E-state index in [4.69, 9.17) is 5.11 Å². The number of unbranched alkanes of at least 4 members (excludes halogenated alkanes) is 2. The second-order valence-electron chi connectivity index (χ2n) is 4.81. The number of hydrogen-bond acceptors (Lipinski definition) is 2. The zero-order valence-electron chi connectivity index (χ0n) is 11.5. The quantitative estimate of drug-likeness (QED) is 0.732. The van der Waals surface area contributed by atoms with Gasteiger partial charge in [0.25, 0.3) is 0 Å². The normalized spacial score (nSPS) is 24.0. The summed E-state index contributed by atoms with van der Waals surface area (Å²) in [6.45, 7) is 4.68. The Morgan fingerprint density at radius 3 is 2.25 bits per heavy atom. The topological polar surface area (TPSA) is 32.3 Å². The summed E-state index contributed by atoms with van der Waals surface area (Å²) < 4.78 is 0. The molecule has 2 unspecified atom stereocenters. The van der Waals surface area contributed by atoms with Crippen LogP contribution in [0.3, 0.4) is 0 Å². The van der Waals surface area contributed by atoms with E-state index in [1.807, 2.05) is 0 Å². The van der Waals surface area contributed by atoms with Crippen molar-refractivity contribution in [2.45, 2.75) is 71.3 Å². The van der Waals surface area contributed by atoms with Crippen LogP contribution in [-0.2, 0) is 0 Å². The Morgan fingerprint density at radius 1 is 1.12 bits per heavy atom. The molecule has 1 fully saturated rings. The van der Waals surface area contributed by atoms with Crippen molar-refractivity contribution >= 4 is 0 Å². The van der Waals surface area contributed by atoms with Crippen molar-refractivity contribution in [2.75, 3.05) is 13.7 Å². The van der Waals surface area contributed by atoms with Gasteiger partial charge in [0, 0.05) is 12.6 Å². The highest BCUT2D eigenvalue weighted by molar-refractivity contribution is 4.81. The van der Waals surface area contributed by atoms with Gasteiger partial charge in [0.1, 0.15) is 0 Å². The van der Waals surface area contributed by atoms with Gasteiger partial charge in [-0.25, -0.2) is 0 Å². The summed E-state index contributed by atoms with van der Waals surface area (Å²) in [6, 6.07) is 0.835. The van der Waals surface area contributed by atoms with Crippen molar-refractivity contribution in [3.8, 4) is 0 Å². The molecule has 0 bridgehead atoms. The van der Waals surface area contributed by atoms with Crippen molar-refractivity contribution in [1.82, 2.24) is 5.32 Å². The molecule has 2 atom stereocenters. The lowest BCUT2D eigenvalue weighted by molar-refractivity contribution is 0.287. The minimum atomic E-state index is 0.344. The Labute approximate surface area is 102 Å². The monoisotopic (exact) mass is 229 g/mol. The van der Waals surface area contributed by atoms with Crippen LogP contribution in [0.5, 0.6) is 0 Å². The third-order valence-electron chi connectivity index (χ3n) is 3.47. The summed E-state index contributed by atoms with van der Waals surface area (Å²) in [5.41, 5.74) is 0. The molecule has 0 aromatic heterocycles. The van der Waals surface area contributed by atoms with Gasteiger partial charge >= 0.3 is 0 Å². The summed E-state index contributed by atoms with van der Waals surface area (Å²) in [6.07, 6.45) is 10.6. The molecule has 0 radical (unpaired) electrons. The fourth-order valence-corrected chi connectivity index (χ4v) is 2.39. The average Bonchev–Trinajstić information content (AvgIpc) is 2.75. The van der Waals surface area contributed by atoms with E-state index in [2.05, 4.69) is 26.2 Å². The molecule has 0 aromatic rings. The first-order chi connectivity index (χ1) is 7.79. The third-order valence-corrected chi connectivity index (χ3v) is 3.47. The predicted octanol–water partition coefficient (Wildman–Crippen LogP) is 3.34. The molecule has 16 heavy (non-hydrogen) atoms. The molecule has 2 heteroatoms. The number of aliphatic hydroxyl groups is 1. The lowest BCUT2D eigenvalue weighted by atomic mass is 9.97. The highest BCUT2D eigenvalue weighted by Gasteiger charge is 2.24. The van der Waals surface area contributed by atoms with Crippen molar-refractivity contribution in [2.24, 2.45) is 5.92 Å². The van der Waals surface area contributed by atoms with E-state index < -0.39 is 0 Å². The highest BCUT2D eigenvalue weighted by Crippen LogP contribution is 2.29. The molecular formula is C14H31NO. The molecule has 0 spiro atoms. The molecule has 1 rings (SSSR count). The Kier molecular flexibility index (Phi) is 11.3. The SMILES string of the molecule is CCCCC1CCCC1NC.CCCCO. The van der Waals surface area contributed by atoms with Crippen LogP contribution in [0.25, 0.3) is 0 Å². The lowest BCUT2D eigenvalue weighted by Gasteiger charge is -2.17. The van der Waals surface area contributed by atoms with Crippen molar-refractivity contribution in [1.29, 1.82) is 0 Å². The molecule has 0 aromatic carbocycles. The van der Waals surface area contributed by atoms with Crippen LogP contribution in [0.15, 0.2) is 0 Å². The van der Waals surface area contributed by atoms with Gasteiger partial charge in [-0.2, -0.15) is 0 Å². The number of aliphatic hydroxyl groups excluding tert-OH is 1. The maximum absolute atomic E-state index is 8.07. The van der Waals surface area contributed by atoms with Crippen molar-refractivity contribution in [3.05, 3.63) is 0 Å². The van der Waals surface area contributed by atoms with Crippen LogP contribution in [0, 0.1) is 5.92 Å². The summed E-state index contributed by atoms with van der Waals surface area (Å²) in [5, 5.41) is 11.5. The Hall–Kier alpha value is -0.0800. The molecule has 0 heterocycles. The van der Waals surface area contributed by atoms with E-state index in [9.17, 15) is 0 Å². The molecule has 98 valence electrons. The van der Waals surface area contributed by atoms with Crippen LogP contribution in [0.1, 0.15) is 65.2 Å². The van der Waals surface area contributed by atoms with E-state index in [1.165, 1.54) is 38.5 Å². The maximum Gasteiger partial charge on any atom is 0.0430 e. The second-order valence-corrected chi connectivity index (χ2v) is 4.81. The van der Waals surface area contributed by atoms with E-state index in [-0.39, 0.29) is 0 Å². The van der Waals surface area contributed by atoms with Crippen LogP contribution >= 0.6 is 0 Å². The Bertz CT molecular complexity index is 137. The van der Waals surface area contributed by atoms with Gasteiger partial charge in [-0.3, -0.25) is 0 Å². The van der Waals surface area contributed by atoms with Crippen LogP contribution < -0.4 is 5.32 Å². The molecule has 0 saturated heterocycles. The number of rotatable bonds is 6. The summed E-state index contributed by atoms with van der Waals surface area (Å²) in [5.74, 6) is 0.986. The molecule has 2 nitrogen and oxygen atoms in total. The number of hydrogen-bond donors (Lipinski definition) is 2. The minimum Gasteiger partial charge on any atom is -0.396 e. The highest BCUT2D eigenvalue weighted by atomic mass is 16.2. The minimum absolute atomic E-state index is 0.344. The van der Waals surface area contributed by atoms with Gasteiger partial charge in [-0.05, 0) is 38.6 Å². The number of nitrogens with one attached hydrogen (secondary N) is 1. The summed E-state index contributed by atoms with van der Waals surface area (Å²) in [4.78, 5) is 0. The van der Waals surface area contributed by atoms with Crippen LogP contribution in [0.2, 0.25) is 0 Å². The van der Waals surface area contributed by atoms with Gasteiger partial charge in [-0.15, -0.1) is 0 Å². The van der Waals surface area contributed by atoms with E-state index >= 15 is 0 Å². The largest absolute Gasteiger partial charge is 0.396 e. The van der Waals surface area contributed by atoms with Gasteiger partial charge in [-0.1, -0.05) is 39.5 Å². The van der Waals surface area contributed by atoms with Gasteiger partial charge in [0.05, 0.1) is 0 Å². The second kappa shape index (κ2) is 11.4. The molecule has 1 aliphatic carbocycles. The molecular weight excluding hydrogens is 198 g/mol. The fourth-order valence-electron chi connectivity index (χ4n) is 2.39. The zero-order valence-corrected chi connectivity index (χ0v) is 11.5.